The van der Waals surface area contributed by atoms with Crippen molar-refractivity contribution in [2.45, 2.75) is 42.9 Å². The fourth-order valence-corrected chi connectivity index (χ4v) is 4.23. The van der Waals surface area contributed by atoms with Crippen molar-refractivity contribution in [2.24, 2.45) is 11.8 Å². The topological polar surface area (TPSA) is 75.6 Å². The summed E-state index contributed by atoms with van der Waals surface area (Å²) in [5.41, 5.74) is -3.33. The van der Waals surface area contributed by atoms with Crippen LogP contribution in [0, 0.1) is 11.8 Å². The van der Waals surface area contributed by atoms with Crippen LogP contribution in [0.3, 0.4) is 0 Å². The second-order valence-corrected chi connectivity index (χ2v) is 6.59. The molecule has 0 bridgehead atoms. The van der Waals surface area contributed by atoms with E-state index in [1.807, 2.05) is 12.2 Å². The van der Waals surface area contributed by atoms with Crippen molar-refractivity contribution >= 4 is 23.5 Å². The molecular weight excluding hydrogens is 313 g/mol. The normalized spacial score (nSPS) is 41.4. The fourth-order valence-electron chi connectivity index (χ4n) is 4.02. The maximum absolute atomic E-state index is 13.8. The monoisotopic (exact) mass is 331 g/mol. The summed E-state index contributed by atoms with van der Waals surface area (Å²) in [5.74, 6) is -2.27. The molecule has 2 N–H and O–H groups in total. The molecule has 122 valence electrons. The van der Waals surface area contributed by atoms with Gasteiger partial charge in [0.25, 0.3) is 0 Å². The summed E-state index contributed by atoms with van der Waals surface area (Å²) >= 11 is 5.70. The number of aliphatic hydroxyl groups excluding tert-OH is 1. The molecule has 22 heavy (non-hydrogen) atoms. The van der Waals surface area contributed by atoms with Gasteiger partial charge in [-0.15, -0.1) is 11.6 Å². The van der Waals surface area contributed by atoms with E-state index in [2.05, 4.69) is 5.32 Å². The lowest BCUT2D eigenvalue weighted by atomic mass is 9.64. The highest BCUT2D eigenvalue weighted by Gasteiger charge is 2.81. The van der Waals surface area contributed by atoms with Gasteiger partial charge in [-0.25, -0.2) is 9.18 Å². The van der Waals surface area contributed by atoms with Crippen LogP contribution in [0.4, 0.5) is 4.39 Å². The summed E-state index contributed by atoms with van der Waals surface area (Å²) in [6.07, 6.45) is 5.23. The molecule has 3 aliphatic rings. The van der Waals surface area contributed by atoms with Crippen molar-refractivity contribution in [3.63, 3.8) is 0 Å². The molecule has 5 atom stereocenters. The van der Waals surface area contributed by atoms with Crippen molar-refractivity contribution < 1.29 is 23.8 Å². The number of aliphatic hydroxyl groups is 1. The number of carbonyl (C=O) groups is 2. The predicted octanol–water partition coefficient (Wildman–Crippen LogP) is 1.08. The van der Waals surface area contributed by atoms with Gasteiger partial charge >= 0.3 is 5.97 Å². The number of nitrogens with one attached hydrogen (secondary N) is 1. The molecule has 2 fully saturated rings. The van der Waals surface area contributed by atoms with E-state index in [0.29, 0.717) is 6.42 Å². The molecule has 3 rings (SSSR count). The van der Waals surface area contributed by atoms with E-state index in [1.54, 1.807) is 0 Å². The third-order valence-corrected chi connectivity index (χ3v) is 5.42. The Labute approximate surface area is 132 Å². The SMILES string of the molecule is O=C1NC2([C@@H](O)[C@@H]3C=CCCC3)C(=O)O[C@]2(CF)[C@H]1CCCl. The minimum atomic E-state index is -1.69. The Morgan fingerprint density at radius 3 is 2.86 bits per heavy atom. The number of hydrogen-bond donors (Lipinski definition) is 2. The van der Waals surface area contributed by atoms with Gasteiger partial charge in [0.2, 0.25) is 11.4 Å². The van der Waals surface area contributed by atoms with E-state index in [4.69, 9.17) is 16.3 Å². The standard InChI is InChI=1S/C15H19ClFNO4/c16-7-6-10-12(20)18-15(13(21)22-14(10,15)8-17)11(19)9-4-2-1-3-5-9/h2,4,9-11,19H,1,3,5-8H2,(H,18,20)/t9-,10+,11+,14-,15?/m1/s1. The van der Waals surface area contributed by atoms with Gasteiger partial charge in [-0.3, -0.25) is 4.79 Å². The summed E-state index contributed by atoms with van der Waals surface area (Å²) in [5, 5.41) is 13.3. The molecule has 7 heteroatoms. The second-order valence-electron chi connectivity index (χ2n) is 6.21. The highest BCUT2D eigenvalue weighted by atomic mass is 35.5. The summed E-state index contributed by atoms with van der Waals surface area (Å²) in [6.45, 7) is -1.02. The Balaban J connectivity index is 1.98. The van der Waals surface area contributed by atoms with Crippen molar-refractivity contribution in [1.29, 1.82) is 0 Å². The first-order valence-electron chi connectivity index (χ1n) is 7.55. The van der Waals surface area contributed by atoms with E-state index in [1.165, 1.54) is 0 Å². The molecule has 0 aromatic carbocycles. The smallest absolute Gasteiger partial charge is 0.339 e. The third-order valence-electron chi connectivity index (χ3n) is 5.20. The number of allylic oxidation sites excluding steroid dienone is 1. The molecule has 0 aromatic heterocycles. The van der Waals surface area contributed by atoms with Crippen molar-refractivity contribution in [3.05, 3.63) is 12.2 Å². The van der Waals surface area contributed by atoms with Gasteiger partial charge in [0.15, 0.2) is 5.60 Å². The molecule has 2 heterocycles. The third kappa shape index (κ3) is 1.80. The highest BCUT2D eigenvalue weighted by molar-refractivity contribution is 6.18. The van der Waals surface area contributed by atoms with Crippen LogP contribution in [0.1, 0.15) is 25.7 Å². The Bertz CT molecular complexity index is 528. The van der Waals surface area contributed by atoms with Gasteiger partial charge in [-0.2, -0.15) is 0 Å². The van der Waals surface area contributed by atoms with E-state index in [9.17, 15) is 19.1 Å². The largest absolute Gasteiger partial charge is 0.450 e. The van der Waals surface area contributed by atoms with Gasteiger partial charge in [0.05, 0.1) is 12.0 Å². The first kappa shape index (κ1) is 15.7. The van der Waals surface area contributed by atoms with Gasteiger partial charge < -0.3 is 15.2 Å². The van der Waals surface area contributed by atoms with Crippen LogP contribution in [0.25, 0.3) is 0 Å². The molecule has 1 unspecified atom stereocenters. The van der Waals surface area contributed by atoms with Crippen LogP contribution in [-0.4, -0.2) is 46.8 Å². The van der Waals surface area contributed by atoms with Crippen molar-refractivity contribution in [1.82, 2.24) is 5.32 Å². The quantitative estimate of drug-likeness (QED) is 0.449. The number of esters is 1. The van der Waals surface area contributed by atoms with Crippen molar-refractivity contribution in [2.75, 3.05) is 12.6 Å². The maximum atomic E-state index is 13.8. The van der Waals surface area contributed by atoms with Gasteiger partial charge in [-0.05, 0) is 25.7 Å². The number of alkyl halides is 2. The summed E-state index contributed by atoms with van der Waals surface area (Å²) < 4.78 is 18.9. The van der Waals surface area contributed by atoms with E-state index < -0.39 is 41.7 Å². The van der Waals surface area contributed by atoms with Crippen LogP contribution in [0.15, 0.2) is 12.2 Å². The van der Waals surface area contributed by atoms with Crippen LogP contribution in [-0.2, 0) is 14.3 Å². The molecule has 2 saturated heterocycles. The maximum Gasteiger partial charge on any atom is 0.339 e. The zero-order valence-electron chi connectivity index (χ0n) is 12.1. The molecule has 0 radical (unpaired) electrons. The molecule has 2 aliphatic heterocycles. The van der Waals surface area contributed by atoms with Gasteiger partial charge in [0, 0.05) is 11.8 Å². The second kappa shape index (κ2) is 5.49. The van der Waals surface area contributed by atoms with Crippen LogP contribution < -0.4 is 5.32 Å². The van der Waals surface area contributed by atoms with Gasteiger partial charge in [0.1, 0.15) is 6.67 Å². The Kier molecular flexibility index (Phi) is 3.93. The molecular formula is C15H19ClFNO4. The lowest BCUT2D eigenvalue weighted by Gasteiger charge is -2.54. The minimum absolute atomic E-state index is 0.146. The Hall–Kier alpha value is -1.14. The zero-order chi connectivity index (χ0) is 16.0. The number of carbonyl (C=O) groups excluding carboxylic acids is 2. The molecule has 0 saturated carbocycles. The predicted molar refractivity (Wildman–Crippen MR) is 77.0 cm³/mol. The molecule has 1 aliphatic carbocycles. The average molecular weight is 332 g/mol. The van der Waals surface area contributed by atoms with E-state index in [0.717, 1.165) is 12.8 Å². The summed E-state index contributed by atoms with van der Waals surface area (Å²) in [7, 11) is 0. The lowest BCUT2D eigenvalue weighted by molar-refractivity contribution is -0.247. The van der Waals surface area contributed by atoms with Gasteiger partial charge in [-0.1, -0.05) is 12.2 Å². The van der Waals surface area contributed by atoms with Crippen LogP contribution in [0.5, 0.6) is 0 Å². The van der Waals surface area contributed by atoms with E-state index in [-0.39, 0.29) is 18.2 Å². The zero-order valence-corrected chi connectivity index (χ0v) is 12.8. The first-order valence-corrected chi connectivity index (χ1v) is 8.09. The molecule has 0 spiro atoms. The van der Waals surface area contributed by atoms with Crippen LogP contribution in [0.2, 0.25) is 0 Å². The first-order chi connectivity index (χ1) is 10.5. The van der Waals surface area contributed by atoms with Crippen LogP contribution >= 0.6 is 11.6 Å². The minimum Gasteiger partial charge on any atom is -0.450 e. The summed E-state index contributed by atoms with van der Waals surface area (Å²) in [4.78, 5) is 24.4. The lowest BCUT2D eigenvalue weighted by Crippen LogP contribution is -2.82. The number of amides is 1. The number of fused-ring (bicyclic) bond motifs is 1. The number of halogens is 2. The Morgan fingerprint density at radius 1 is 1.55 bits per heavy atom. The number of hydrogen-bond acceptors (Lipinski definition) is 4. The van der Waals surface area contributed by atoms with Crippen molar-refractivity contribution in [3.8, 4) is 0 Å². The molecule has 1 amide bonds. The molecule has 0 aromatic rings. The highest BCUT2D eigenvalue weighted by Crippen LogP contribution is 2.53. The van der Waals surface area contributed by atoms with E-state index >= 15 is 0 Å². The average Bonchev–Trinajstić information content (AvgIpc) is 2.73. The molecule has 5 nitrogen and oxygen atoms in total. The number of rotatable bonds is 5. The summed E-state index contributed by atoms with van der Waals surface area (Å²) in [6, 6.07) is 0. The Morgan fingerprint density at radius 2 is 2.32 bits per heavy atom. The number of ether oxygens (including phenoxy) is 1. The fraction of sp³-hybridized carbons (Fsp3) is 0.733.